The zero-order valence-corrected chi connectivity index (χ0v) is 12.2. The van der Waals surface area contributed by atoms with Crippen LogP contribution in [0.3, 0.4) is 0 Å². The predicted octanol–water partition coefficient (Wildman–Crippen LogP) is -3.26. The van der Waals surface area contributed by atoms with Gasteiger partial charge in [0.25, 0.3) is 0 Å². The molecule has 0 aromatic rings. The fourth-order valence-corrected chi connectivity index (χ4v) is 0.632. The number of quaternary nitrogens is 2. The molecule has 0 fully saturated rings. The van der Waals surface area contributed by atoms with Crippen LogP contribution in [0.4, 0.5) is 0 Å². The molecule has 0 aliphatic heterocycles. The van der Waals surface area contributed by atoms with Crippen LogP contribution in [0.5, 0.6) is 0 Å². The Hall–Kier alpha value is -2.20. The summed E-state index contributed by atoms with van der Waals surface area (Å²) in [6.45, 7) is 0. The zero-order valence-electron chi connectivity index (χ0n) is 11.2. The van der Waals surface area contributed by atoms with Gasteiger partial charge in [0.1, 0.15) is 0 Å². The van der Waals surface area contributed by atoms with Crippen LogP contribution in [0.2, 0.25) is 0 Å². The van der Waals surface area contributed by atoms with Crippen LogP contribution < -0.4 is 11.5 Å². The summed E-state index contributed by atoms with van der Waals surface area (Å²) in [5, 5.41) is 17.2. The van der Waals surface area contributed by atoms with Crippen molar-refractivity contribution < 1.29 is 67.4 Å². The minimum atomic E-state index is -0.947. The van der Waals surface area contributed by atoms with Gasteiger partial charge in [-0.2, -0.15) is 0 Å². The molecular weight excluding hydrogens is 340 g/mol. The summed E-state index contributed by atoms with van der Waals surface area (Å²) in [5.74, 6) is -4.66. The van der Waals surface area contributed by atoms with Crippen LogP contribution in [-0.4, -0.2) is 48.2 Å². The minimum absolute atomic E-state index is 0. The molecule has 0 spiro atoms. The Balaban J connectivity index is -0.000000295. The van der Waals surface area contributed by atoms with E-state index in [0.717, 1.165) is 14.2 Å². The van der Waals surface area contributed by atoms with E-state index in [-0.39, 0.29) is 17.1 Å². The maximum absolute atomic E-state index is 10.3. The van der Waals surface area contributed by atoms with Crippen molar-refractivity contribution in [3.05, 3.63) is 23.7 Å². The van der Waals surface area contributed by atoms with Gasteiger partial charge in [-0.25, -0.2) is 19.2 Å². The van der Waals surface area contributed by atoms with Crippen molar-refractivity contribution in [1.82, 2.24) is 0 Å². The van der Waals surface area contributed by atoms with Crippen molar-refractivity contribution in [2.45, 2.75) is 0 Å². The van der Waals surface area contributed by atoms with Crippen LogP contribution in [0, 0.1) is 0 Å². The van der Waals surface area contributed by atoms with Gasteiger partial charge in [-0.15, -0.1) is 0 Å². The molecule has 0 saturated carbocycles. The smallest absolute Gasteiger partial charge is 0.373 e. The molecule has 0 bridgehead atoms. The third kappa shape index (κ3) is 14.0. The van der Waals surface area contributed by atoms with Gasteiger partial charge in [0.05, 0.1) is 26.4 Å². The van der Waals surface area contributed by atoms with Crippen LogP contribution in [0.25, 0.3) is 0 Å². The van der Waals surface area contributed by atoms with Gasteiger partial charge in [-0.1, -0.05) is 0 Å². The molecule has 0 aromatic carbocycles. The second-order valence-electron chi connectivity index (χ2n) is 2.97. The molecule has 11 heteroatoms. The third-order valence-electron chi connectivity index (χ3n) is 1.38. The van der Waals surface area contributed by atoms with Crippen molar-refractivity contribution in [2.24, 2.45) is 0 Å². The summed E-state index contributed by atoms with van der Waals surface area (Å²) < 4.78 is 8.15. The molecule has 0 atom stereocenters. The molecule has 10 nitrogen and oxygen atoms in total. The standard InChI is InChI=1S/2C5H7NO4.Cu/c2*1-10-5(9)3(7)2-4(6)8;/h2*2,7H,1H3,(H2,6,8);/p+2. The predicted molar refractivity (Wildman–Crippen MR) is 61.2 cm³/mol. The first-order valence-electron chi connectivity index (χ1n) is 4.85. The van der Waals surface area contributed by atoms with E-state index < -0.39 is 35.3 Å². The quantitative estimate of drug-likeness (QED) is 0.175. The number of methoxy groups -OCH3 is 2. The number of carbonyl (C=O) groups is 4. The number of carbonyl (C=O) groups excluding carboxylic acids is 4. The average molecular weight is 356 g/mol. The van der Waals surface area contributed by atoms with E-state index >= 15 is 0 Å². The number of rotatable bonds is 4. The Labute approximate surface area is 129 Å². The number of aliphatic hydroxyl groups is 2. The summed E-state index contributed by atoms with van der Waals surface area (Å²) in [6, 6.07) is 0. The SMILES string of the molecule is COC(=O)C(O)=CC([NH3+])=O.COC(=O)C(O)=CC([NH3+])=O.[Cu]. The Morgan fingerprint density at radius 1 is 0.810 bits per heavy atom. The van der Waals surface area contributed by atoms with E-state index in [9.17, 15) is 19.2 Å². The van der Waals surface area contributed by atoms with Crippen molar-refractivity contribution in [2.75, 3.05) is 14.2 Å². The zero-order chi connectivity index (χ0) is 16.3. The molecule has 0 aliphatic carbocycles. The Morgan fingerprint density at radius 3 is 1.19 bits per heavy atom. The average Bonchev–Trinajstić information content (AvgIpc) is 2.35. The summed E-state index contributed by atoms with van der Waals surface area (Å²) in [7, 11) is 2.19. The van der Waals surface area contributed by atoms with Crippen LogP contribution >= 0.6 is 0 Å². The fourth-order valence-electron chi connectivity index (χ4n) is 0.632. The maximum atomic E-state index is 10.3. The molecular formula is C10H16CuN2O8+2. The molecule has 8 N–H and O–H groups in total. The Kier molecular flexibility index (Phi) is 14.6. The third-order valence-corrected chi connectivity index (χ3v) is 1.38. The Morgan fingerprint density at radius 2 is 1.05 bits per heavy atom. The van der Waals surface area contributed by atoms with Gasteiger partial charge in [-0.05, 0) is 0 Å². The van der Waals surface area contributed by atoms with Gasteiger partial charge >= 0.3 is 23.8 Å². The van der Waals surface area contributed by atoms with Crippen molar-refractivity contribution in [3.8, 4) is 0 Å². The number of esters is 2. The minimum Gasteiger partial charge on any atom is -0.502 e. The van der Waals surface area contributed by atoms with Gasteiger partial charge in [0.2, 0.25) is 11.5 Å². The number of aliphatic hydroxyl groups excluding tert-OH is 2. The summed E-state index contributed by atoms with van der Waals surface area (Å²) in [4.78, 5) is 40.9. The molecule has 1 radical (unpaired) electrons. The Bertz CT molecular complexity index is 416. The number of hydrogen-bond acceptors (Lipinski definition) is 8. The molecule has 21 heavy (non-hydrogen) atoms. The molecule has 0 rings (SSSR count). The molecule has 0 aliphatic rings. The van der Waals surface area contributed by atoms with E-state index in [2.05, 4.69) is 20.9 Å². The van der Waals surface area contributed by atoms with E-state index in [1.54, 1.807) is 0 Å². The fraction of sp³-hybridized carbons (Fsp3) is 0.200. The van der Waals surface area contributed by atoms with Crippen LogP contribution in [0.1, 0.15) is 0 Å². The van der Waals surface area contributed by atoms with Crippen LogP contribution in [-0.2, 0) is 45.7 Å². The van der Waals surface area contributed by atoms with Gasteiger partial charge in [0.15, 0.2) is 0 Å². The topological polar surface area (TPSA) is 182 Å². The monoisotopic (exact) mass is 355 g/mol. The van der Waals surface area contributed by atoms with E-state index in [1.807, 2.05) is 0 Å². The van der Waals surface area contributed by atoms with Gasteiger partial charge < -0.3 is 19.7 Å². The van der Waals surface area contributed by atoms with Crippen molar-refractivity contribution in [1.29, 1.82) is 0 Å². The van der Waals surface area contributed by atoms with Gasteiger partial charge in [-0.3, -0.25) is 11.5 Å². The van der Waals surface area contributed by atoms with Crippen LogP contribution in [0.15, 0.2) is 23.7 Å². The van der Waals surface area contributed by atoms with E-state index in [4.69, 9.17) is 10.2 Å². The second-order valence-corrected chi connectivity index (χ2v) is 2.97. The molecule has 0 aromatic heterocycles. The van der Waals surface area contributed by atoms with E-state index in [0.29, 0.717) is 12.2 Å². The molecule has 123 valence electrons. The molecule has 0 unspecified atom stereocenters. The number of hydrogen-bond donors (Lipinski definition) is 4. The summed E-state index contributed by atoms with van der Waals surface area (Å²) in [6.07, 6.45) is 1.37. The van der Waals surface area contributed by atoms with Gasteiger partial charge in [0, 0.05) is 17.1 Å². The summed E-state index contributed by atoms with van der Waals surface area (Å²) >= 11 is 0. The van der Waals surface area contributed by atoms with E-state index in [1.165, 1.54) is 0 Å². The molecule has 0 heterocycles. The first-order valence-corrected chi connectivity index (χ1v) is 4.85. The van der Waals surface area contributed by atoms with Crippen molar-refractivity contribution >= 4 is 23.8 Å². The first-order chi connectivity index (χ1) is 9.15. The number of ether oxygens (including phenoxy) is 2. The molecule has 0 saturated heterocycles. The normalized spacial score (nSPS) is 10.3. The molecule has 2 amide bonds. The maximum Gasteiger partial charge on any atom is 0.373 e. The van der Waals surface area contributed by atoms with Crippen molar-refractivity contribution in [3.63, 3.8) is 0 Å². The summed E-state index contributed by atoms with van der Waals surface area (Å²) in [5.41, 5.74) is 5.82. The largest absolute Gasteiger partial charge is 0.502 e. The first kappa shape index (κ1) is 23.9. The second kappa shape index (κ2) is 12.8. The number of amides is 2.